The van der Waals surface area contributed by atoms with Crippen molar-refractivity contribution in [1.82, 2.24) is 9.78 Å². The lowest BCUT2D eigenvalue weighted by atomic mass is 10.1. The molecule has 0 bridgehead atoms. The standard InChI is InChI=1S/C14H14FN3/c1-2-7-18-10-13(9-17-18)12-4-3-11(5-6-16)14(15)8-12/h3-4,8-10H,2,5,7H2,1H3. The minimum atomic E-state index is -0.336. The highest BCUT2D eigenvalue weighted by molar-refractivity contribution is 5.62. The van der Waals surface area contributed by atoms with Crippen LogP contribution in [0.1, 0.15) is 18.9 Å². The molecule has 0 radical (unpaired) electrons. The number of aromatic nitrogens is 2. The van der Waals surface area contributed by atoms with Crippen LogP contribution in [0.5, 0.6) is 0 Å². The molecule has 0 amide bonds. The second-order valence-corrected chi connectivity index (χ2v) is 4.13. The fraction of sp³-hybridized carbons (Fsp3) is 0.286. The zero-order valence-corrected chi connectivity index (χ0v) is 10.2. The summed E-state index contributed by atoms with van der Waals surface area (Å²) in [5, 5.41) is 12.8. The molecule has 1 aromatic heterocycles. The molecule has 92 valence electrons. The van der Waals surface area contributed by atoms with Crippen LogP contribution in [0.2, 0.25) is 0 Å². The molecule has 0 aliphatic heterocycles. The van der Waals surface area contributed by atoms with Gasteiger partial charge in [-0.3, -0.25) is 4.68 Å². The Morgan fingerprint density at radius 1 is 1.39 bits per heavy atom. The summed E-state index contributed by atoms with van der Waals surface area (Å²) in [6.07, 6.45) is 4.74. The Morgan fingerprint density at radius 2 is 2.22 bits per heavy atom. The van der Waals surface area contributed by atoms with Crippen molar-refractivity contribution in [2.45, 2.75) is 26.3 Å². The van der Waals surface area contributed by atoms with Gasteiger partial charge in [0.1, 0.15) is 5.82 Å². The van der Waals surface area contributed by atoms with Gasteiger partial charge in [-0.05, 0) is 18.1 Å². The lowest BCUT2D eigenvalue weighted by Gasteiger charge is -2.01. The van der Waals surface area contributed by atoms with E-state index in [0.717, 1.165) is 24.1 Å². The van der Waals surface area contributed by atoms with E-state index in [1.807, 2.05) is 23.0 Å². The van der Waals surface area contributed by atoms with Crippen LogP contribution in [0.15, 0.2) is 30.6 Å². The Kier molecular flexibility index (Phi) is 3.73. The monoisotopic (exact) mass is 243 g/mol. The number of nitrogens with zero attached hydrogens (tertiary/aromatic N) is 3. The van der Waals surface area contributed by atoms with Crippen LogP contribution in [0.3, 0.4) is 0 Å². The zero-order valence-electron chi connectivity index (χ0n) is 10.2. The molecule has 18 heavy (non-hydrogen) atoms. The van der Waals surface area contributed by atoms with Crippen LogP contribution in [-0.4, -0.2) is 9.78 Å². The van der Waals surface area contributed by atoms with Gasteiger partial charge in [0.05, 0.1) is 18.7 Å². The van der Waals surface area contributed by atoms with Gasteiger partial charge in [-0.1, -0.05) is 19.1 Å². The van der Waals surface area contributed by atoms with Gasteiger partial charge in [-0.25, -0.2) is 4.39 Å². The number of aryl methyl sites for hydroxylation is 1. The second kappa shape index (κ2) is 5.46. The molecule has 0 fully saturated rings. The third-order valence-electron chi connectivity index (χ3n) is 2.74. The van der Waals surface area contributed by atoms with Crippen molar-refractivity contribution in [3.8, 4) is 17.2 Å². The van der Waals surface area contributed by atoms with Crippen molar-refractivity contribution in [2.75, 3.05) is 0 Å². The maximum absolute atomic E-state index is 13.7. The highest BCUT2D eigenvalue weighted by atomic mass is 19.1. The number of hydrogen-bond acceptors (Lipinski definition) is 2. The van der Waals surface area contributed by atoms with Gasteiger partial charge in [0, 0.05) is 23.9 Å². The number of nitriles is 1. The average Bonchev–Trinajstić information content (AvgIpc) is 2.81. The Morgan fingerprint density at radius 3 is 2.89 bits per heavy atom. The van der Waals surface area contributed by atoms with Gasteiger partial charge in [0.2, 0.25) is 0 Å². The van der Waals surface area contributed by atoms with Gasteiger partial charge in [-0.2, -0.15) is 10.4 Å². The minimum absolute atomic E-state index is 0.0984. The second-order valence-electron chi connectivity index (χ2n) is 4.13. The number of rotatable bonds is 4. The number of halogens is 1. The molecule has 2 aromatic rings. The highest BCUT2D eigenvalue weighted by Gasteiger charge is 2.06. The molecule has 0 atom stereocenters. The Bertz CT molecular complexity index is 581. The van der Waals surface area contributed by atoms with Crippen LogP contribution >= 0.6 is 0 Å². The van der Waals surface area contributed by atoms with Crippen molar-refractivity contribution >= 4 is 0 Å². The smallest absolute Gasteiger partial charge is 0.128 e. The fourth-order valence-electron chi connectivity index (χ4n) is 1.82. The van der Waals surface area contributed by atoms with E-state index < -0.39 is 0 Å². The first-order chi connectivity index (χ1) is 8.74. The van der Waals surface area contributed by atoms with Crippen molar-refractivity contribution < 1.29 is 4.39 Å². The minimum Gasteiger partial charge on any atom is -0.272 e. The molecule has 0 saturated carbocycles. The van der Waals surface area contributed by atoms with E-state index in [-0.39, 0.29) is 12.2 Å². The third-order valence-corrected chi connectivity index (χ3v) is 2.74. The van der Waals surface area contributed by atoms with Crippen LogP contribution in [-0.2, 0) is 13.0 Å². The van der Waals surface area contributed by atoms with Crippen LogP contribution < -0.4 is 0 Å². The maximum Gasteiger partial charge on any atom is 0.128 e. The Balaban J connectivity index is 2.28. The maximum atomic E-state index is 13.7. The number of hydrogen-bond donors (Lipinski definition) is 0. The van der Waals surface area contributed by atoms with E-state index in [9.17, 15) is 4.39 Å². The normalized spacial score (nSPS) is 10.3. The largest absolute Gasteiger partial charge is 0.272 e. The summed E-state index contributed by atoms with van der Waals surface area (Å²) in [7, 11) is 0. The van der Waals surface area contributed by atoms with Crippen molar-refractivity contribution in [2.24, 2.45) is 0 Å². The molecule has 0 N–H and O–H groups in total. The van der Waals surface area contributed by atoms with Gasteiger partial charge in [-0.15, -0.1) is 0 Å². The molecular weight excluding hydrogens is 229 g/mol. The van der Waals surface area contributed by atoms with E-state index in [2.05, 4.69) is 12.0 Å². The van der Waals surface area contributed by atoms with E-state index >= 15 is 0 Å². The molecule has 1 heterocycles. The summed E-state index contributed by atoms with van der Waals surface area (Å²) in [4.78, 5) is 0. The lowest BCUT2D eigenvalue weighted by Crippen LogP contribution is -1.95. The quantitative estimate of drug-likeness (QED) is 0.827. The Hall–Kier alpha value is -2.15. The summed E-state index contributed by atoms with van der Waals surface area (Å²) in [5.74, 6) is -0.336. The molecule has 3 nitrogen and oxygen atoms in total. The van der Waals surface area contributed by atoms with Crippen molar-refractivity contribution in [3.63, 3.8) is 0 Å². The van der Waals surface area contributed by atoms with Gasteiger partial charge in [0.15, 0.2) is 0 Å². The first-order valence-electron chi connectivity index (χ1n) is 5.92. The first-order valence-corrected chi connectivity index (χ1v) is 5.92. The summed E-state index contributed by atoms with van der Waals surface area (Å²) < 4.78 is 15.5. The van der Waals surface area contributed by atoms with Gasteiger partial charge in [0.25, 0.3) is 0 Å². The van der Waals surface area contributed by atoms with Crippen LogP contribution in [0.25, 0.3) is 11.1 Å². The SMILES string of the molecule is CCCn1cc(-c2ccc(CC#N)c(F)c2)cn1. The first kappa shape index (κ1) is 12.3. The van der Waals surface area contributed by atoms with E-state index in [1.54, 1.807) is 12.3 Å². The van der Waals surface area contributed by atoms with E-state index in [4.69, 9.17) is 5.26 Å². The fourth-order valence-corrected chi connectivity index (χ4v) is 1.82. The summed E-state index contributed by atoms with van der Waals surface area (Å²) in [5.41, 5.74) is 2.12. The molecule has 1 aromatic carbocycles. The van der Waals surface area contributed by atoms with Crippen molar-refractivity contribution in [1.29, 1.82) is 5.26 Å². The molecule has 0 saturated heterocycles. The van der Waals surface area contributed by atoms with Crippen LogP contribution in [0, 0.1) is 17.1 Å². The molecule has 2 rings (SSSR count). The van der Waals surface area contributed by atoms with Crippen molar-refractivity contribution in [3.05, 3.63) is 42.0 Å². The lowest BCUT2D eigenvalue weighted by molar-refractivity contribution is 0.603. The molecule has 4 heteroatoms. The van der Waals surface area contributed by atoms with Gasteiger partial charge < -0.3 is 0 Å². The summed E-state index contributed by atoms with van der Waals surface area (Å²) in [6, 6.07) is 6.89. The Labute approximate surface area is 105 Å². The average molecular weight is 243 g/mol. The van der Waals surface area contributed by atoms with E-state index in [1.165, 1.54) is 6.07 Å². The predicted octanol–water partition coefficient (Wildman–Crippen LogP) is 3.17. The molecular formula is C14H14FN3. The molecule has 0 spiro atoms. The highest BCUT2D eigenvalue weighted by Crippen LogP contribution is 2.21. The van der Waals surface area contributed by atoms with E-state index in [0.29, 0.717) is 5.56 Å². The van der Waals surface area contributed by atoms with Gasteiger partial charge >= 0.3 is 0 Å². The third kappa shape index (κ3) is 2.57. The molecule has 0 aliphatic rings. The molecule has 0 unspecified atom stereocenters. The topological polar surface area (TPSA) is 41.6 Å². The number of benzene rings is 1. The summed E-state index contributed by atoms with van der Waals surface area (Å²) in [6.45, 7) is 2.94. The molecule has 0 aliphatic carbocycles. The van der Waals surface area contributed by atoms with Crippen LogP contribution in [0.4, 0.5) is 4.39 Å². The predicted molar refractivity (Wildman–Crippen MR) is 67.2 cm³/mol. The summed E-state index contributed by atoms with van der Waals surface area (Å²) >= 11 is 0. The zero-order chi connectivity index (χ0) is 13.0.